The Balaban J connectivity index is 1.60. The van der Waals surface area contributed by atoms with Gasteiger partial charge >= 0.3 is 6.03 Å². The highest BCUT2D eigenvalue weighted by Gasteiger charge is 2.14. The highest BCUT2D eigenvalue weighted by Crippen LogP contribution is 2.18. The van der Waals surface area contributed by atoms with Gasteiger partial charge in [0.1, 0.15) is 0 Å². The van der Waals surface area contributed by atoms with Gasteiger partial charge in [-0.2, -0.15) is 0 Å². The van der Waals surface area contributed by atoms with Crippen molar-refractivity contribution in [1.29, 1.82) is 0 Å². The van der Waals surface area contributed by atoms with Crippen LogP contribution in [0.2, 0.25) is 0 Å². The minimum absolute atomic E-state index is 0.0487. The molecule has 0 aliphatic carbocycles. The smallest absolute Gasteiger partial charge is 0.321 e. The summed E-state index contributed by atoms with van der Waals surface area (Å²) < 4.78 is 0. The second-order valence-corrected chi connectivity index (χ2v) is 12.0. The van der Waals surface area contributed by atoms with Gasteiger partial charge in [-0.1, -0.05) is 151 Å². The third-order valence-corrected chi connectivity index (χ3v) is 8.18. The lowest BCUT2D eigenvalue weighted by Crippen LogP contribution is -2.36. The molecule has 0 spiro atoms. The maximum absolute atomic E-state index is 13.2. The molecule has 0 unspecified atom stereocenters. The van der Waals surface area contributed by atoms with Gasteiger partial charge in [0.2, 0.25) is 0 Å². The van der Waals surface area contributed by atoms with Crippen LogP contribution in [0.3, 0.4) is 0 Å². The molecule has 0 saturated carbocycles. The molecular formula is C37H60N2O. The lowest BCUT2D eigenvalue weighted by atomic mass is 10.0. The molecule has 2 rings (SSSR count). The number of nitrogens with zero attached hydrogens (tertiary/aromatic N) is 1. The number of anilines is 1. The average molecular weight is 549 g/mol. The molecule has 0 bridgehead atoms. The summed E-state index contributed by atoms with van der Waals surface area (Å²) in [4.78, 5) is 15.3. The van der Waals surface area contributed by atoms with Gasteiger partial charge in [-0.15, -0.1) is 0 Å². The maximum Gasteiger partial charge on any atom is 0.321 e. The van der Waals surface area contributed by atoms with Crippen LogP contribution in [0, 0.1) is 13.8 Å². The number of rotatable bonds is 23. The highest BCUT2D eigenvalue weighted by atomic mass is 16.2. The second-order valence-electron chi connectivity index (χ2n) is 12.0. The van der Waals surface area contributed by atoms with E-state index in [1.807, 2.05) is 11.0 Å². The van der Waals surface area contributed by atoms with Crippen LogP contribution in [0.15, 0.2) is 48.5 Å². The van der Waals surface area contributed by atoms with Gasteiger partial charge in [0, 0.05) is 18.8 Å². The molecule has 2 amide bonds. The summed E-state index contributed by atoms with van der Waals surface area (Å²) in [7, 11) is 0. The number of carbonyl (C=O) groups is 1. The quantitative estimate of drug-likeness (QED) is 0.138. The summed E-state index contributed by atoms with van der Waals surface area (Å²) >= 11 is 0. The Morgan fingerprint density at radius 1 is 0.625 bits per heavy atom. The van der Waals surface area contributed by atoms with Crippen molar-refractivity contribution in [2.24, 2.45) is 0 Å². The SMILES string of the molecule is CCCCCCCCCCCCCCCCCCN(CCCCc1ccccc1)C(=O)Nc1ccc(C)cc1C. The number of aryl methyl sites for hydroxylation is 3. The summed E-state index contributed by atoms with van der Waals surface area (Å²) in [5.41, 5.74) is 4.66. The molecule has 224 valence electrons. The first-order valence-electron chi connectivity index (χ1n) is 16.8. The van der Waals surface area contributed by atoms with E-state index in [-0.39, 0.29) is 6.03 Å². The van der Waals surface area contributed by atoms with Gasteiger partial charge in [0.25, 0.3) is 0 Å². The van der Waals surface area contributed by atoms with Crippen molar-refractivity contribution in [3.05, 3.63) is 65.2 Å². The monoisotopic (exact) mass is 548 g/mol. The van der Waals surface area contributed by atoms with Crippen molar-refractivity contribution in [3.8, 4) is 0 Å². The molecule has 0 radical (unpaired) electrons. The van der Waals surface area contributed by atoms with Crippen molar-refractivity contribution in [2.45, 2.75) is 143 Å². The van der Waals surface area contributed by atoms with Crippen molar-refractivity contribution < 1.29 is 4.79 Å². The van der Waals surface area contributed by atoms with E-state index in [2.05, 4.69) is 68.6 Å². The summed E-state index contributed by atoms with van der Waals surface area (Å²) in [5.74, 6) is 0. The minimum Gasteiger partial charge on any atom is -0.325 e. The van der Waals surface area contributed by atoms with E-state index in [1.165, 1.54) is 107 Å². The number of hydrogen-bond acceptors (Lipinski definition) is 1. The molecule has 2 aromatic rings. The van der Waals surface area contributed by atoms with Gasteiger partial charge in [-0.25, -0.2) is 4.79 Å². The van der Waals surface area contributed by atoms with Crippen LogP contribution in [0.5, 0.6) is 0 Å². The zero-order valence-electron chi connectivity index (χ0n) is 26.3. The number of amides is 2. The lowest BCUT2D eigenvalue weighted by molar-refractivity contribution is 0.209. The predicted molar refractivity (Wildman–Crippen MR) is 175 cm³/mol. The highest BCUT2D eigenvalue weighted by molar-refractivity contribution is 5.90. The predicted octanol–water partition coefficient (Wildman–Crippen LogP) is 11.4. The summed E-state index contributed by atoms with van der Waals surface area (Å²) in [6, 6.07) is 17.0. The largest absolute Gasteiger partial charge is 0.325 e. The Bertz CT molecular complexity index is 894. The minimum atomic E-state index is 0.0487. The molecular weight excluding hydrogens is 488 g/mol. The van der Waals surface area contributed by atoms with Crippen LogP contribution in [0.25, 0.3) is 0 Å². The van der Waals surface area contributed by atoms with Crippen LogP contribution < -0.4 is 5.32 Å². The topological polar surface area (TPSA) is 32.3 Å². The van der Waals surface area contributed by atoms with Gasteiger partial charge in [0.15, 0.2) is 0 Å². The van der Waals surface area contributed by atoms with E-state index in [0.717, 1.165) is 50.0 Å². The Hall–Kier alpha value is -2.29. The number of hydrogen-bond donors (Lipinski definition) is 1. The third kappa shape index (κ3) is 16.1. The van der Waals surface area contributed by atoms with Gasteiger partial charge < -0.3 is 10.2 Å². The Morgan fingerprint density at radius 2 is 1.12 bits per heavy atom. The molecule has 0 atom stereocenters. The normalized spacial score (nSPS) is 11.1. The molecule has 0 saturated heterocycles. The van der Waals surface area contributed by atoms with Gasteiger partial charge in [-0.3, -0.25) is 0 Å². The van der Waals surface area contributed by atoms with E-state index < -0.39 is 0 Å². The van der Waals surface area contributed by atoms with E-state index in [0.29, 0.717) is 0 Å². The van der Waals surface area contributed by atoms with Crippen molar-refractivity contribution in [2.75, 3.05) is 18.4 Å². The molecule has 0 aliphatic rings. The van der Waals surface area contributed by atoms with E-state index in [4.69, 9.17) is 0 Å². The summed E-state index contributed by atoms with van der Waals surface area (Å²) in [6.07, 6.45) is 25.1. The first-order valence-corrected chi connectivity index (χ1v) is 16.8. The Morgan fingerprint density at radius 3 is 1.65 bits per heavy atom. The number of unbranched alkanes of at least 4 members (excludes halogenated alkanes) is 16. The van der Waals surface area contributed by atoms with Crippen LogP contribution in [0.4, 0.5) is 10.5 Å². The number of urea groups is 1. The number of nitrogens with one attached hydrogen (secondary N) is 1. The van der Waals surface area contributed by atoms with Gasteiger partial charge in [-0.05, 0) is 56.7 Å². The van der Waals surface area contributed by atoms with Crippen LogP contribution in [0.1, 0.15) is 139 Å². The van der Waals surface area contributed by atoms with Crippen molar-refractivity contribution in [3.63, 3.8) is 0 Å². The molecule has 0 aromatic heterocycles. The zero-order chi connectivity index (χ0) is 28.7. The fourth-order valence-electron chi connectivity index (χ4n) is 5.59. The molecule has 0 fully saturated rings. The fraction of sp³-hybridized carbons (Fsp3) is 0.649. The van der Waals surface area contributed by atoms with Crippen LogP contribution in [-0.4, -0.2) is 24.0 Å². The zero-order valence-corrected chi connectivity index (χ0v) is 26.3. The van der Waals surface area contributed by atoms with E-state index in [9.17, 15) is 4.79 Å². The Labute approximate surface area is 247 Å². The standard InChI is InChI=1S/C37H60N2O/c1-4-5-6-7-8-9-10-11-12-13-14-15-16-17-18-23-30-39(31-24-22-27-35-25-20-19-21-26-35)37(40)38-36-29-28-33(2)32-34(36)3/h19-21,25-26,28-29,32H,4-18,22-24,27,30-31H2,1-3H3,(H,38,40). The number of benzene rings is 2. The van der Waals surface area contributed by atoms with Crippen molar-refractivity contribution in [1.82, 2.24) is 4.90 Å². The van der Waals surface area contributed by atoms with E-state index in [1.54, 1.807) is 0 Å². The van der Waals surface area contributed by atoms with E-state index >= 15 is 0 Å². The molecule has 0 aliphatic heterocycles. The molecule has 2 aromatic carbocycles. The van der Waals surface area contributed by atoms with Gasteiger partial charge in [0.05, 0.1) is 0 Å². The number of carbonyl (C=O) groups excluding carboxylic acids is 1. The first kappa shape index (κ1) is 33.9. The molecule has 0 heterocycles. The summed E-state index contributed by atoms with van der Waals surface area (Å²) in [6.45, 7) is 8.12. The van der Waals surface area contributed by atoms with Crippen LogP contribution >= 0.6 is 0 Å². The first-order chi connectivity index (χ1) is 19.6. The van der Waals surface area contributed by atoms with Crippen LogP contribution in [-0.2, 0) is 6.42 Å². The maximum atomic E-state index is 13.2. The third-order valence-electron chi connectivity index (χ3n) is 8.18. The fourth-order valence-corrected chi connectivity index (χ4v) is 5.59. The average Bonchev–Trinajstić information content (AvgIpc) is 2.95. The summed E-state index contributed by atoms with van der Waals surface area (Å²) in [5, 5.41) is 3.19. The molecule has 1 N–H and O–H groups in total. The molecule has 40 heavy (non-hydrogen) atoms. The second kappa shape index (κ2) is 22.4. The lowest BCUT2D eigenvalue weighted by Gasteiger charge is -2.24. The molecule has 3 heteroatoms. The van der Waals surface area contributed by atoms with Crippen molar-refractivity contribution >= 4 is 11.7 Å². The Kier molecular flexibility index (Phi) is 19.0. The molecule has 3 nitrogen and oxygen atoms in total.